The van der Waals surface area contributed by atoms with Crippen molar-refractivity contribution >= 4 is 28.3 Å². The van der Waals surface area contributed by atoms with Gasteiger partial charge in [-0.05, 0) is 55.8 Å². The molecule has 6 nitrogen and oxygen atoms in total. The van der Waals surface area contributed by atoms with E-state index in [1.165, 1.54) is 4.90 Å². The summed E-state index contributed by atoms with van der Waals surface area (Å²) in [4.78, 5) is 28.4. The Labute approximate surface area is 196 Å². The van der Waals surface area contributed by atoms with E-state index in [-0.39, 0.29) is 11.3 Å². The van der Waals surface area contributed by atoms with E-state index in [4.69, 9.17) is 9.15 Å². The summed E-state index contributed by atoms with van der Waals surface area (Å²) in [5.41, 5.74) is 2.78. The van der Waals surface area contributed by atoms with Gasteiger partial charge in [-0.1, -0.05) is 48.0 Å². The Balaban J connectivity index is 1.63. The molecule has 6 heteroatoms. The molecule has 1 unspecified atom stereocenters. The van der Waals surface area contributed by atoms with Gasteiger partial charge in [0.1, 0.15) is 11.3 Å². The normalized spacial score (nSPS) is 15.9. The number of Topliss-reactive ketones (excluding diaryl/α,β-unsaturated/α-hetero) is 1. The highest BCUT2D eigenvalue weighted by atomic mass is 16.5. The molecule has 0 bridgehead atoms. The molecule has 1 aliphatic rings. The number of carbonyl (C=O) groups is 2. The molecule has 1 amide bonds. The fourth-order valence-corrected chi connectivity index (χ4v) is 4.36. The van der Waals surface area contributed by atoms with Gasteiger partial charge in [0.05, 0.1) is 18.2 Å². The number of hydrogen-bond donors (Lipinski definition) is 1. The highest BCUT2D eigenvalue weighted by molar-refractivity contribution is 6.20. The minimum atomic E-state index is -0.814. The Morgan fingerprint density at radius 1 is 1.03 bits per heavy atom. The van der Waals surface area contributed by atoms with E-state index in [0.29, 0.717) is 29.2 Å². The van der Waals surface area contributed by atoms with Crippen molar-refractivity contribution in [3.63, 3.8) is 0 Å². The van der Waals surface area contributed by atoms with Crippen LogP contribution in [0.2, 0.25) is 0 Å². The summed E-state index contributed by atoms with van der Waals surface area (Å²) in [5.74, 6) is -1.01. The average Bonchev–Trinajstić information content (AvgIpc) is 3.39. The summed E-state index contributed by atoms with van der Waals surface area (Å²) in [6, 6.07) is 22.7. The van der Waals surface area contributed by atoms with Crippen LogP contribution in [0.4, 0.5) is 5.69 Å². The highest BCUT2D eigenvalue weighted by Gasteiger charge is 2.45. The molecule has 0 saturated carbocycles. The van der Waals surface area contributed by atoms with E-state index >= 15 is 0 Å². The van der Waals surface area contributed by atoms with Crippen LogP contribution in [0, 0.1) is 6.92 Å². The lowest BCUT2D eigenvalue weighted by atomic mass is 9.94. The van der Waals surface area contributed by atoms with Crippen molar-refractivity contribution in [2.75, 3.05) is 11.5 Å². The van der Waals surface area contributed by atoms with Crippen LogP contribution in [0.3, 0.4) is 0 Å². The quantitative estimate of drug-likeness (QED) is 0.367. The standard InChI is InChI=1S/C28H23NO5/c1-3-33-21-13-11-20(12-14-21)29-25(19-9-6-7-17(2)15-19)24(27(31)28(29)32)26(30)23-16-18-8-4-5-10-22(18)34-23/h4-16,25,31H,3H2,1-2H3. The molecular weight excluding hydrogens is 430 g/mol. The van der Waals surface area contributed by atoms with E-state index in [9.17, 15) is 14.7 Å². The van der Waals surface area contributed by atoms with Gasteiger partial charge in [-0.15, -0.1) is 0 Å². The molecule has 0 spiro atoms. The first-order chi connectivity index (χ1) is 16.5. The summed E-state index contributed by atoms with van der Waals surface area (Å²) in [6.07, 6.45) is 0. The van der Waals surface area contributed by atoms with Crippen LogP contribution >= 0.6 is 0 Å². The molecule has 0 fully saturated rings. The van der Waals surface area contributed by atoms with E-state index in [1.807, 2.05) is 56.3 Å². The summed E-state index contributed by atoms with van der Waals surface area (Å²) in [5, 5.41) is 11.7. The first-order valence-corrected chi connectivity index (χ1v) is 11.1. The largest absolute Gasteiger partial charge is 0.503 e. The molecule has 0 aliphatic carbocycles. The van der Waals surface area contributed by atoms with Crippen molar-refractivity contribution in [2.24, 2.45) is 0 Å². The number of fused-ring (bicyclic) bond motifs is 1. The van der Waals surface area contributed by atoms with Gasteiger partial charge < -0.3 is 14.3 Å². The number of anilines is 1. The predicted octanol–water partition coefficient (Wildman–Crippen LogP) is 5.92. The molecule has 0 radical (unpaired) electrons. The van der Waals surface area contributed by atoms with Crippen LogP contribution in [0.15, 0.2) is 94.6 Å². The Hall–Kier alpha value is -4.32. The molecule has 0 saturated heterocycles. The SMILES string of the molecule is CCOc1ccc(N2C(=O)C(O)=C(C(=O)c3cc4ccccc4o3)C2c2cccc(C)c2)cc1. The maximum absolute atomic E-state index is 13.6. The number of para-hydroxylation sites is 1. The van der Waals surface area contributed by atoms with Crippen molar-refractivity contribution in [3.8, 4) is 5.75 Å². The number of ketones is 1. The second-order valence-corrected chi connectivity index (χ2v) is 8.16. The van der Waals surface area contributed by atoms with Crippen molar-refractivity contribution in [3.05, 3.63) is 107 Å². The third-order valence-corrected chi connectivity index (χ3v) is 5.89. The maximum Gasteiger partial charge on any atom is 0.294 e. The van der Waals surface area contributed by atoms with Gasteiger partial charge in [-0.3, -0.25) is 14.5 Å². The number of carbonyl (C=O) groups excluding carboxylic acids is 2. The Morgan fingerprint density at radius 3 is 2.50 bits per heavy atom. The van der Waals surface area contributed by atoms with Crippen molar-refractivity contribution in [1.29, 1.82) is 0 Å². The Kier molecular flexibility index (Phi) is 5.42. The number of furan rings is 1. The van der Waals surface area contributed by atoms with Crippen molar-refractivity contribution in [1.82, 2.24) is 0 Å². The molecule has 2 heterocycles. The lowest BCUT2D eigenvalue weighted by Gasteiger charge is -2.27. The first-order valence-electron chi connectivity index (χ1n) is 11.1. The monoisotopic (exact) mass is 453 g/mol. The Bertz CT molecular complexity index is 1400. The average molecular weight is 453 g/mol. The minimum absolute atomic E-state index is 0.0106. The van der Waals surface area contributed by atoms with E-state index in [1.54, 1.807) is 36.4 Å². The first kappa shape index (κ1) is 21.5. The smallest absolute Gasteiger partial charge is 0.294 e. The number of benzene rings is 3. The fraction of sp³-hybridized carbons (Fsp3) is 0.143. The van der Waals surface area contributed by atoms with E-state index < -0.39 is 23.5 Å². The molecule has 1 atom stereocenters. The van der Waals surface area contributed by atoms with Gasteiger partial charge in [0.25, 0.3) is 5.91 Å². The third kappa shape index (κ3) is 3.63. The summed E-state index contributed by atoms with van der Waals surface area (Å²) in [7, 11) is 0. The van der Waals surface area contributed by atoms with Crippen LogP contribution in [-0.2, 0) is 4.79 Å². The molecule has 1 N–H and O–H groups in total. The van der Waals surface area contributed by atoms with Crippen molar-refractivity contribution < 1.29 is 23.8 Å². The summed E-state index contributed by atoms with van der Waals surface area (Å²) >= 11 is 0. The zero-order valence-corrected chi connectivity index (χ0v) is 18.8. The van der Waals surface area contributed by atoms with Gasteiger partial charge in [0, 0.05) is 11.1 Å². The second kappa shape index (κ2) is 8.56. The molecule has 3 aromatic carbocycles. The van der Waals surface area contributed by atoms with Crippen LogP contribution in [0.1, 0.15) is 34.6 Å². The van der Waals surface area contributed by atoms with Gasteiger partial charge in [0.2, 0.25) is 5.78 Å². The number of amides is 1. The molecule has 1 aromatic heterocycles. The Morgan fingerprint density at radius 2 is 1.79 bits per heavy atom. The molecule has 34 heavy (non-hydrogen) atoms. The number of nitrogens with zero attached hydrogens (tertiary/aromatic N) is 1. The maximum atomic E-state index is 13.6. The topological polar surface area (TPSA) is 80.0 Å². The van der Waals surface area contributed by atoms with Gasteiger partial charge in [-0.25, -0.2) is 0 Å². The van der Waals surface area contributed by atoms with Gasteiger partial charge >= 0.3 is 0 Å². The van der Waals surface area contributed by atoms with Gasteiger partial charge in [-0.2, -0.15) is 0 Å². The number of ether oxygens (including phenoxy) is 1. The molecule has 1 aliphatic heterocycles. The minimum Gasteiger partial charge on any atom is -0.503 e. The van der Waals surface area contributed by atoms with E-state index in [2.05, 4.69) is 0 Å². The number of rotatable bonds is 6. The fourth-order valence-electron chi connectivity index (χ4n) is 4.36. The van der Waals surface area contributed by atoms with Crippen LogP contribution in [0.5, 0.6) is 5.75 Å². The molecule has 5 rings (SSSR count). The highest BCUT2D eigenvalue weighted by Crippen LogP contribution is 2.42. The summed E-state index contributed by atoms with van der Waals surface area (Å²) in [6.45, 7) is 4.35. The van der Waals surface area contributed by atoms with Crippen LogP contribution < -0.4 is 9.64 Å². The molecular formula is C28H23NO5. The summed E-state index contributed by atoms with van der Waals surface area (Å²) < 4.78 is 11.3. The zero-order chi connectivity index (χ0) is 23.8. The van der Waals surface area contributed by atoms with Crippen molar-refractivity contribution in [2.45, 2.75) is 19.9 Å². The number of hydrogen-bond acceptors (Lipinski definition) is 5. The second-order valence-electron chi connectivity index (χ2n) is 8.16. The van der Waals surface area contributed by atoms with Gasteiger partial charge in [0.15, 0.2) is 11.5 Å². The zero-order valence-electron chi connectivity index (χ0n) is 18.8. The third-order valence-electron chi connectivity index (χ3n) is 5.89. The van der Waals surface area contributed by atoms with Crippen LogP contribution in [-0.4, -0.2) is 23.4 Å². The lowest BCUT2D eigenvalue weighted by molar-refractivity contribution is -0.117. The number of aliphatic hydroxyl groups excluding tert-OH is 1. The lowest BCUT2D eigenvalue weighted by Crippen LogP contribution is -2.31. The predicted molar refractivity (Wildman–Crippen MR) is 129 cm³/mol. The number of aryl methyl sites for hydroxylation is 1. The molecule has 4 aromatic rings. The van der Waals surface area contributed by atoms with E-state index in [0.717, 1.165) is 10.9 Å². The number of aliphatic hydroxyl groups is 1. The molecule has 170 valence electrons. The van der Waals surface area contributed by atoms with Crippen LogP contribution in [0.25, 0.3) is 11.0 Å².